The number of rotatable bonds is 4. The highest BCUT2D eigenvalue weighted by atomic mass is 32.2. The van der Waals surface area contributed by atoms with E-state index in [2.05, 4.69) is 0 Å². The summed E-state index contributed by atoms with van der Waals surface area (Å²) >= 11 is 0. The minimum absolute atomic E-state index is 0.0582. The Labute approximate surface area is 112 Å². The first-order valence-electron chi connectivity index (χ1n) is 6.24. The molecule has 0 aliphatic carbocycles. The average molecular weight is 287 g/mol. The lowest BCUT2D eigenvalue weighted by molar-refractivity contribution is 0.126. The van der Waals surface area contributed by atoms with Gasteiger partial charge in [-0.25, -0.2) is 12.8 Å². The molecule has 4 nitrogen and oxygen atoms in total. The van der Waals surface area contributed by atoms with E-state index in [0.29, 0.717) is 24.2 Å². The van der Waals surface area contributed by atoms with Crippen molar-refractivity contribution in [2.45, 2.75) is 37.0 Å². The summed E-state index contributed by atoms with van der Waals surface area (Å²) in [5, 5.41) is -0.473. The van der Waals surface area contributed by atoms with Crippen LogP contribution >= 0.6 is 0 Å². The van der Waals surface area contributed by atoms with Crippen molar-refractivity contribution >= 4 is 9.84 Å². The van der Waals surface area contributed by atoms with E-state index in [4.69, 9.17) is 10.5 Å². The lowest BCUT2D eigenvalue weighted by atomic mass is 10.1. The van der Waals surface area contributed by atoms with Gasteiger partial charge in [0.1, 0.15) is 5.82 Å². The second kappa shape index (κ2) is 5.56. The van der Waals surface area contributed by atoms with Gasteiger partial charge in [-0.05, 0) is 25.0 Å². The van der Waals surface area contributed by atoms with Gasteiger partial charge in [-0.3, -0.25) is 0 Å². The van der Waals surface area contributed by atoms with Crippen LogP contribution in [0.25, 0.3) is 0 Å². The largest absolute Gasteiger partial charge is 0.377 e. The Bertz CT molecular complexity index is 559. The molecule has 2 unspecified atom stereocenters. The topological polar surface area (TPSA) is 69.4 Å². The van der Waals surface area contributed by atoms with Crippen LogP contribution in [0.4, 0.5) is 4.39 Å². The summed E-state index contributed by atoms with van der Waals surface area (Å²) in [6.45, 7) is 2.30. The molecule has 0 radical (unpaired) electrons. The average Bonchev–Trinajstić information content (AvgIpc) is 2.78. The van der Waals surface area contributed by atoms with Crippen LogP contribution < -0.4 is 5.73 Å². The van der Waals surface area contributed by atoms with E-state index >= 15 is 0 Å². The van der Waals surface area contributed by atoms with Crippen LogP contribution in [-0.4, -0.2) is 26.4 Å². The summed E-state index contributed by atoms with van der Waals surface area (Å²) in [5.41, 5.74) is 6.32. The number of halogens is 1. The normalized spacial score (nSPS) is 23.7. The van der Waals surface area contributed by atoms with Gasteiger partial charge in [-0.1, -0.05) is 12.1 Å². The molecule has 2 rings (SSSR count). The Hall–Kier alpha value is -0.980. The van der Waals surface area contributed by atoms with Crippen LogP contribution in [0.2, 0.25) is 0 Å². The maximum absolute atomic E-state index is 13.3. The molecule has 0 bridgehead atoms. The minimum atomic E-state index is -3.29. The van der Waals surface area contributed by atoms with E-state index in [1.54, 1.807) is 6.92 Å². The summed E-state index contributed by atoms with van der Waals surface area (Å²) in [5.74, 6) is -0.500. The third-order valence-electron chi connectivity index (χ3n) is 3.47. The standard InChI is InChI=1S/C13H18FNO3S/c1-9-13(4-5-18-9)19(16,17)8-10-2-3-12(14)11(6-10)7-15/h2-3,6,9,13H,4-5,7-8,15H2,1H3. The predicted molar refractivity (Wildman–Crippen MR) is 70.7 cm³/mol. The maximum Gasteiger partial charge on any atom is 0.159 e. The quantitative estimate of drug-likeness (QED) is 0.908. The first-order valence-corrected chi connectivity index (χ1v) is 7.96. The predicted octanol–water partition coefficient (Wildman–Crippen LogP) is 1.38. The van der Waals surface area contributed by atoms with Crippen LogP contribution in [0, 0.1) is 5.82 Å². The summed E-state index contributed by atoms with van der Waals surface area (Å²) in [6, 6.07) is 4.28. The van der Waals surface area contributed by atoms with Gasteiger partial charge in [-0.2, -0.15) is 0 Å². The molecule has 0 saturated carbocycles. The van der Waals surface area contributed by atoms with Gasteiger partial charge in [0.25, 0.3) is 0 Å². The zero-order valence-electron chi connectivity index (χ0n) is 10.8. The Kier molecular flexibility index (Phi) is 4.23. The third kappa shape index (κ3) is 3.13. The van der Waals surface area contributed by atoms with E-state index < -0.39 is 20.9 Å². The second-order valence-corrected chi connectivity index (χ2v) is 7.06. The molecule has 106 valence electrons. The summed E-state index contributed by atoms with van der Waals surface area (Å²) in [6.07, 6.45) is 0.244. The van der Waals surface area contributed by atoms with Crippen molar-refractivity contribution in [2.24, 2.45) is 5.73 Å². The molecule has 2 atom stereocenters. The molecule has 2 N–H and O–H groups in total. The van der Waals surface area contributed by atoms with Crippen LogP contribution in [-0.2, 0) is 26.9 Å². The number of hydrogen-bond donors (Lipinski definition) is 1. The Morgan fingerprint density at radius 2 is 2.21 bits per heavy atom. The van der Waals surface area contributed by atoms with Gasteiger partial charge in [-0.15, -0.1) is 0 Å². The van der Waals surface area contributed by atoms with Crippen LogP contribution in [0.15, 0.2) is 18.2 Å². The molecule has 0 amide bonds. The molecule has 1 aromatic rings. The van der Waals surface area contributed by atoms with Crippen molar-refractivity contribution in [3.05, 3.63) is 35.1 Å². The number of benzene rings is 1. The highest BCUT2D eigenvalue weighted by Crippen LogP contribution is 2.24. The fraction of sp³-hybridized carbons (Fsp3) is 0.538. The van der Waals surface area contributed by atoms with Gasteiger partial charge in [0, 0.05) is 18.7 Å². The van der Waals surface area contributed by atoms with Gasteiger partial charge in [0.05, 0.1) is 17.1 Å². The van der Waals surface area contributed by atoms with Crippen molar-refractivity contribution in [3.8, 4) is 0 Å². The SMILES string of the molecule is CC1OCCC1S(=O)(=O)Cc1ccc(F)c(CN)c1. The van der Waals surface area contributed by atoms with Gasteiger partial charge in [0.15, 0.2) is 9.84 Å². The molecule has 0 spiro atoms. The molecule has 1 fully saturated rings. The van der Waals surface area contributed by atoms with Gasteiger partial charge in [0.2, 0.25) is 0 Å². The van der Waals surface area contributed by atoms with E-state index in [-0.39, 0.29) is 18.4 Å². The van der Waals surface area contributed by atoms with Crippen LogP contribution in [0.3, 0.4) is 0 Å². The molecule has 1 aromatic carbocycles. The Morgan fingerprint density at radius 1 is 1.47 bits per heavy atom. The Morgan fingerprint density at radius 3 is 2.79 bits per heavy atom. The monoisotopic (exact) mass is 287 g/mol. The number of sulfone groups is 1. The molecular weight excluding hydrogens is 269 g/mol. The van der Waals surface area contributed by atoms with Crippen molar-refractivity contribution in [2.75, 3.05) is 6.61 Å². The fourth-order valence-corrected chi connectivity index (χ4v) is 4.37. The number of ether oxygens (including phenoxy) is 1. The highest BCUT2D eigenvalue weighted by Gasteiger charge is 2.35. The fourth-order valence-electron chi connectivity index (χ4n) is 2.40. The molecule has 19 heavy (non-hydrogen) atoms. The van der Waals surface area contributed by atoms with Gasteiger partial charge < -0.3 is 10.5 Å². The van der Waals surface area contributed by atoms with Crippen molar-refractivity contribution in [1.82, 2.24) is 0 Å². The first kappa shape index (κ1) is 14.4. The van der Waals surface area contributed by atoms with E-state index in [1.165, 1.54) is 18.2 Å². The zero-order chi connectivity index (χ0) is 14.0. The van der Waals surface area contributed by atoms with E-state index in [0.717, 1.165) is 0 Å². The molecular formula is C13H18FNO3S. The van der Waals surface area contributed by atoms with Crippen molar-refractivity contribution in [1.29, 1.82) is 0 Å². The molecule has 0 aromatic heterocycles. The minimum Gasteiger partial charge on any atom is -0.377 e. The molecule has 1 aliphatic heterocycles. The van der Waals surface area contributed by atoms with E-state index in [9.17, 15) is 12.8 Å². The maximum atomic E-state index is 13.3. The number of hydrogen-bond acceptors (Lipinski definition) is 4. The smallest absolute Gasteiger partial charge is 0.159 e. The Balaban J connectivity index is 2.20. The lowest BCUT2D eigenvalue weighted by Crippen LogP contribution is -2.29. The van der Waals surface area contributed by atoms with Crippen LogP contribution in [0.1, 0.15) is 24.5 Å². The zero-order valence-corrected chi connectivity index (χ0v) is 11.6. The second-order valence-electron chi connectivity index (χ2n) is 4.84. The summed E-state index contributed by atoms with van der Waals surface area (Å²) < 4.78 is 43.2. The lowest BCUT2D eigenvalue weighted by Gasteiger charge is -2.15. The van der Waals surface area contributed by atoms with Crippen LogP contribution in [0.5, 0.6) is 0 Å². The summed E-state index contributed by atoms with van der Waals surface area (Å²) in [4.78, 5) is 0. The molecule has 6 heteroatoms. The summed E-state index contributed by atoms with van der Waals surface area (Å²) in [7, 11) is -3.29. The van der Waals surface area contributed by atoms with Gasteiger partial charge >= 0.3 is 0 Å². The third-order valence-corrected chi connectivity index (χ3v) is 5.74. The number of nitrogens with two attached hydrogens (primary N) is 1. The van der Waals surface area contributed by atoms with Crippen molar-refractivity contribution in [3.63, 3.8) is 0 Å². The molecule has 1 saturated heterocycles. The molecule has 1 heterocycles. The molecule has 1 aliphatic rings. The highest BCUT2D eigenvalue weighted by molar-refractivity contribution is 7.91. The first-order chi connectivity index (χ1) is 8.94. The van der Waals surface area contributed by atoms with E-state index in [1.807, 2.05) is 0 Å². The van der Waals surface area contributed by atoms with Crippen molar-refractivity contribution < 1.29 is 17.5 Å².